The van der Waals surface area contributed by atoms with Gasteiger partial charge in [0, 0.05) is 19.6 Å². The highest BCUT2D eigenvalue weighted by atomic mass is 31.2. The van der Waals surface area contributed by atoms with E-state index in [0.29, 0.717) is 13.0 Å². The van der Waals surface area contributed by atoms with Crippen LogP contribution in [-0.4, -0.2) is 49.9 Å². The molecule has 0 heterocycles. The van der Waals surface area contributed by atoms with E-state index < -0.39 is 13.9 Å². The lowest BCUT2D eigenvalue weighted by Gasteiger charge is -2.20. The monoisotopic (exact) mass is 804 g/mol. The number of ether oxygens (including phenoxy) is 2. The summed E-state index contributed by atoms with van der Waals surface area (Å²) < 4.78 is 33.4. The number of esters is 1. The summed E-state index contributed by atoms with van der Waals surface area (Å²) in [7, 11) is -4.30. The number of nitrogens with two attached hydrogens (primary N) is 1. The van der Waals surface area contributed by atoms with Crippen LogP contribution in [0.5, 0.6) is 0 Å². The molecule has 322 valence electrons. The van der Waals surface area contributed by atoms with Gasteiger partial charge in [0.1, 0.15) is 6.10 Å². The molecule has 2 atom stereocenters. The first kappa shape index (κ1) is 53.7. The molecule has 0 rings (SSSR count). The number of carbonyl (C=O) groups is 1. The van der Waals surface area contributed by atoms with Crippen molar-refractivity contribution in [1.29, 1.82) is 0 Å². The van der Waals surface area contributed by atoms with Crippen molar-refractivity contribution >= 4 is 13.8 Å². The quantitative estimate of drug-likeness (QED) is 0.0272. The molecule has 0 aromatic carbocycles. The lowest BCUT2D eigenvalue weighted by Crippen LogP contribution is -2.28. The summed E-state index contributed by atoms with van der Waals surface area (Å²) in [4.78, 5) is 22.5. The number of hydrogen-bond acceptors (Lipinski definition) is 7. The first-order valence-electron chi connectivity index (χ1n) is 22.1. The van der Waals surface area contributed by atoms with Crippen LogP contribution in [0.1, 0.15) is 168 Å². The highest BCUT2D eigenvalue weighted by Crippen LogP contribution is 2.43. The molecule has 0 aliphatic rings. The Hall–Kier alpha value is -2.32. The van der Waals surface area contributed by atoms with Gasteiger partial charge in [-0.05, 0) is 89.9 Å². The molecule has 2 unspecified atom stereocenters. The van der Waals surface area contributed by atoms with E-state index in [1.807, 2.05) is 0 Å². The summed E-state index contributed by atoms with van der Waals surface area (Å²) in [5.74, 6) is -0.377. The third kappa shape index (κ3) is 42.8. The average Bonchev–Trinajstić information content (AvgIpc) is 3.19. The summed E-state index contributed by atoms with van der Waals surface area (Å²) in [5, 5.41) is 0. The lowest BCUT2D eigenvalue weighted by molar-refractivity contribution is -0.154. The zero-order valence-electron chi connectivity index (χ0n) is 35.6. The van der Waals surface area contributed by atoms with Crippen molar-refractivity contribution in [2.45, 2.75) is 174 Å². The van der Waals surface area contributed by atoms with E-state index in [9.17, 15) is 14.3 Å². The molecule has 0 fully saturated rings. The van der Waals surface area contributed by atoms with Crippen molar-refractivity contribution < 1.29 is 32.8 Å². The van der Waals surface area contributed by atoms with Crippen LogP contribution in [0, 0.1) is 0 Å². The van der Waals surface area contributed by atoms with E-state index in [4.69, 9.17) is 24.3 Å². The van der Waals surface area contributed by atoms with E-state index in [1.165, 1.54) is 70.6 Å². The molecule has 0 amide bonds. The molecular formula is C47H82NO7P. The molecule has 0 aliphatic heterocycles. The SMILES string of the molecule is CC/C=C\C/C=C\C/C=C\C/C=C\C/C=C\C/C=C\CCCCC(=O)OC(COCCCCCCCC/C=C\CCCCCCCC)COP(=O)(O)OCCN. The second-order valence-corrected chi connectivity index (χ2v) is 15.6. The summed E-state index contributed by atoms with van der Waals surface area (Å²) in [6.45, 7) is 4.71. The number of hydrogen-bond donors (Lipinski definition) is 2. The maximum atomic E-state index is 12.6. The molecule has 56 heavy (non-hydrogen) atoms. The first-order chi connectivity index (χ1) is 27.4. The molecule has 8 nitrogen and oxygen atoms in total. The molecule has 0 aromatic rings. The predicted molar refractivity (Wildman–Crippen MR) is 238 cm³/mol. The van der Waals surface area contributed by atoms with Crippen LogP contribution in [-0.2, 0) is 27.9 Å². The molecule has 0 saturated heterocycles. The number of allylic oxidation sites excluding steroid dienone is 14. The molecule has 0 saturated carbocycles. The molecule has 0 radical (unpaired) electrons. The number of phosphoric ester groups is 1. The van der Waals surface area contributed by atoms with Crippen molar-refractivity contribution in [3.05, 3.63) is 85.1 Å². The van der Waals surface area contributed by atoms with Crippen LogP contribution >= 0.6 is 7.82 Å². The van der Waals surface area contributed by atoms with Crippen molar-refractivity contribution in [2.24, 2.45) is 5.73 Å². The van der Waals surface area contributed by atoms with E-state index >= 15 is 0 Å². The van der Waals surface area contributed by atoms with Crippen molar-refractivity contribution in [3.8, 4) is 0 Å². The largest absolute Gasteiger partial charge is 0.472 e. The minimum atomic E-state index is -4.30. The Bertz CT molecular complexity index is 1130. The summed E-state index contributed by atoms with van der Waals surface area (Å²) in [6, 6.07) is 0. The van der Waals surface area contributed by atoms with Gasteiger partial charge in [0.15, 0.2) is 0 Å². The van der Waals surface area contributed by atoms with Gasteiger partial charge < -0.3 is 20.1 Å². The third-order valence-corrected chi connectivity index (χ3v) is 9.78. The number of rotatable bonds is 41. The van der Waals surface area contributed by atoms with Crippen LogP contribution in [0.3, 0.4) is 0 Å². The molecule has 9 heteroatoms. The van der Waals surface area contributed by atoms with Crippen molar-refractivity contribution in [2.75, 3.05) is 33.0 Å². The van der Waals surface area contributed by atoms with Gasteiger partial charge in [-0.25, -0.2) is 4.57 Å². The average molecular weight is 804 g/mol. The summed E-state index contributed by atoms with van der Waals surface area (Å²) >= 11 is 0. The van der Waals surface area contributed by atoms with E-state index in [0.717, 1.165) is 70.6 Å². The van der Waals surface area contributed by atoms with Crippen molar-refractivity contribution in [1.82, 2.24) is 0 Å². The molecule has 0 aromatic heterocycles. The fourth-order valence-corrected chi connectivity index (χ4v) is 6.35. The fourth-order valence-electron chi connectivity index (χ4n) is 5.58. The van der Waals surface area contributed by atoms with E-state index in [1.54, 1.807) is 0 Å². The second kappa shape index (κ2) is 43.8. The second-order valence-electron chi connectivity index (χ2n) is 14.2. The fraction of sp³-hybridized carbons (Fsp3) is 0.681. The van der Waals surface area contributed by atoms with Gasteiger partial charge in [0.05, 0.1) is 19.8 Å². The maximum absolute atomic E-state index is 12.6. The van der Waals surface area contributed by atoms with Gasteiger partial charge in [-0.1, -0.05) is 157 Å². The van der Waals surface area contributed by atoms with Gasteiger partial charge >= 0.3 is 13.8 Å². The molecule has 0 bridgehead atoms. The van der Waals surface area contributed by atoms with E-state index in [2.05, 4.69) is 98.9 Å². The Balaban J connectivity index is 4.16. The normalized spacial score (nSPS) is 14.3. The third-order valence-electron chi connectivity index (χ3n) is 8.80. The van der Waals surface area contributed by atoms with Crippen LogP contribution in [0.25, 0.3) is 0 Å². The van der Waals surface area contributed by atoms with Gasteiger partial charge in [0.2, 0.25) is 0 Å². The first-order valence-corrected chi connectivity index (χ1v) is 23.6. The summed E-state index contributed by atoms with van der Waals surface area (Å²) in [5.41, 5.74) is 5.37. The predicted octanol–water partition coefficient (Wildman–Crippen LogP) is 13.3. The standard InChI is InChI=1S/C47H82NO7P/c1-3-5-7-9-11-13-15-17-19-21-22-23-24-25-26-28-30-32-34-36-38-40-47(49)55-46(45-54-56(50,51)53-43-41-48)44-52-42-39-37-35-33-31-29-27-20-18-16-14-12-10-8-6-4-2/h5,7,11,13,17-20,22-23,25-26,30,32,46H,3-4,6,8-10,12,14-16,21,24,27-29,31,33-45,48H2,1-2H3,(H,50,51)/b7-5-,13-11-,19-17-,20-18-,23-22-,26-25-,32-30-. The highest BCUT2D eigenvalue weighted by molar-refractivity contribution is 7.47. The molecular weight excluding hydrogens is 721 g/mol. The zero-order chi connectivity index (χ0) is 40.9. The van der Waals surface area contributed by atoms with Gasteiger partial charge in [-0.15, -0.1) is 0 Å². The zero-order valence-corrected chi connectivity index (χ0v) is 36.5. The highest BCUT2D eigenvalue weighted by Gasteiger charge is 2.25. The molecule has 0 aliphatic carbocycles. The van der Waals surface area contributed by atoms with Crippen LogP contribution in [0.2, 0.25) is 0 Å². The maximum Gasteiger partial charge on any atom is 0.472 e. The Morgan fingerprint density at radius 1 is 0.554 bits per heavy atom. The minimum Gasteiger partial charge on any atom is -0.457 e. The Morgan fingerprint density at radius 2 is 1.00 bits per heavy atom. The molecule has 3 N–H and O–H groups in total. The van der Waals surface area contributed by atoms with Crippen LogP contribution in [0.4, 0.5) is 0 Å². The van der Waals surface area contributed by atoms with Crippen molar-refractivity contribution in [3.63, 3.8) is 0 Å². The van der Waals surface area contributed by atoms with Gasteiger partial charge in [-0.2, -0.15) is 0 Å². The summed E-state index contributed by atoms with van der Waals surface area (Å²) in [6.07, 6.45) is 56.0. The number of unbranched alkanes of at least 4 members (excludes halogenated alkanes) is 14. The molecule has 0 spiro atoms. The van der Waals surface area contributed by atoms with E-state index in [-0.39, 0.29) is 38.8 Å². The Labute approximate surface area is 343 Å². The number of phosphoric acid groups is 1. The minimum absolute atomic E-state index is 0.0877. The number of carbonyl (C=O) groups excluding carboxylic acids is 1. The Kier molecular flexibility index (Phi) is 42.0. The van der Waals surface area contributed by atoms with Crippen LogP contribution < -0.4 is 5.73 Å². The van der Waals surface area contributed by atoms with Crippen LogP contribution in [0.15, 0.2) is 85.1 Å². The Morgan fingerprint density at radius 3 is 1.52 bits per heavy atom. The van der Waals surface area contributed by atoms with Gasteiger partial charge in [0.25, 0.3) is 0 Å². The van der Waals surface area contributed by atoms with Gasteiger partial charge in [-0.3, -0.25) is 13.8 Å². The smallest absolute Gasteiger partial charge is 0.457 e. The lowest BCUT2D eigenvalue weighted by atomic mass is 10.1. The topological polar surface area (TPSA) is 117 Å².